The topological polar surface area (TPSA) is 47.6 Å². The zero-order valence-corrected chi connectivity index (χ0v) is 14.2. The van der Waals surface area contributed by atoms with E-state index in [1.54, 1.807) is 24.3 Å². The molecule has 0 atom stereocenters. The van der Waals surface area contributed by atoms with Gasteiger partial charge in [0.2, 0.25) is 5.91 Å². The molecule has 0 fully saturated rings. The Balaban J connectivity index is 2.00. The van der Waals surface area contributed by atoms with Crippen molar-refractivity contribution in [2.45, 2.75) is 26.3 Å². The van der Waals surface area contributed by atoms with Gasteiger partial charge in [-0.15, -0.1) is 13.2 Å². The van der Waals surface area contributed by atoms with E-state index in [-0.39, 0.29) is 11.8 Å². The summed E-state index contributed by atoms with van der Waals surface area (Å²) in [5.41, 5.74) is 0.950. The summed E-state index contributed by atoms with van der Waals surface area (Å²) >= 11 is 0. The standard InChI is InChI=1S/C19H18F3NO3/c1-13(2)25-16-7-3-5-14(11-16)9-10-18(24)23-15-6-4-8-17(12-15)26-19(20,21)22/h3-13H,1-2H3,(H,23,24)/b10-9+. The lowest BCUT2D eigenvalue weighted by Gasteiger charge is -2.10. The number of amides is 1. The molecule has 0 spiro atoms. The Morgan fingerprint density at radius 2 is 1.77 bits per heavy atom. The second kappa shape index (κ2) is 8.42. The molecule has 0 saturated carbocycles. The fourth-order valence-corrected chi connectivity index (χ4v) is 2.09. The first-order valence-electron chi connectivity index (χ1n) is 7.83. The van der Waals surface area contributed by atoms with E-state index >= 15 is 0 Å². The minimum Gasteiger partial charge on any atom is -0.491 e. The first-order valence-corrected chi connectivity index (χ1v) is 7.83. The number of hydrogen-bond donors (Lipinski definition) is 1. The summed E-state index contributed by atoms with van der Waals surface area (Å²) in [5.74, 6) is -0.207. The van der Waals surface area contributed by atoms with Crippen molar-refractivity contribution in [3.8, 4) is 11.5 Å². The highest BCUT2D eigenvalue weighted by Crippen LogP contribution is 2.25. The second-order valence-electron chi connectivity index (χ2n) is 5.64. The van der Waals surface area contributed by atoms with Gasteiger partial charge in [-0.25, -0.2) is 0 Å². The molecule has 0 unspecified atom stereocenters. The number of benzene rings is 2. The predicted octanol–water partition coefficient (Wildman–Crippen LogP) is 5.02. The molecular weight excluding hydrogens is 347 g/mol. The quantitative estimate of drug-likeness (QED) is 0.731. The van der Waals surface area contributed by atoms with E-state index in [0.29, 0.717) is 5.75 Å². The van der Waals surface area contributed by atoms with Gasteiger partial charge >= 0.3 is 6.36 Å². The van der Waals surface area contributed by atoms with E-state index in [4.69, 9.17) is 4.74 Å². The molecule has 0 aliphatic heterocycles. The predicted molar refractivity (Wildman–Crippen MR) is 93.0 cm³/mol. The van der Waals surface area contributed by atoms with E-state index in [1.807, 2.05) is 19.9 Å². The summed E-state index contributed by atoms with van der Waals surface area (Å²) in [7, 11) is 0. The smallest absolute Gasteiger partial charge is 0.491 e. The molecule has 2 aromatic rings. The summed E-state index contributed by atoms with van der Waals surface area (Å²) in [6.45, 7) is 3.82. The molecule has 2 rings (SSSR count). The molecule has 1 N–H and O–H groups in total. The Kier molecular flexibility index (Phi) is 6.27. The van der Waals surface area contributed by atoms with Gasteiger partial charge in [0, 0.05) is 17.8 Å². The zero-order valence-electron chi connectivity index (χ0n) is 14.2. The second-order valence-corrected chi connectivity index (χ2v) is 5.64. The summed E-state index contributed by atoms with van der Waals surface area (Å²) in [6, 6.07) is 12.3. The van der Waals surface area contributed by atoms with E-state index in [2.05, 4.69) is 10.1 Å². The Labute approximate surface area is 149 Å². The molecule has 4 nitrogen and oxygen atoms in total. The van der Waals surface area contributed by atoms with Crippen LogP contribution >= 0.6 is 0 Å². The average molecular weight is 365 g/mol. The number of carbonyl (C=O) groups excluding carboxylic acids is 1. The largest absolute Gasteiger partial charge is 0.573 e. The van der Waals surface area contributed by atoms with E-state index < -0.39 is 18.0 Å². The molecule has 0 aliphatic rings. The summed E-state index contributed by atoms with van der Waals surface area (Å²) in [5, 5.41) is 2.48. The molecule has 0 saturated heterocycles. The van der Waals surface area contributed by atoms with Crippen LogP contribution in [-0.2, 0) is 4.79 Å². The van der Waals surface area contributed by atoms with Crippen molar-refractivity contribution in [1.29, 1.82) is 0 Å². The number of nitrogens with one attached hydrogen (secondary N) is 1. The molecule has 0 heterocycles. The number of anilines is 1. The number of hydrogen-bond acceptors (Lipinski definition) is 3. The van der Waals surface area contributed by atoms with Crippen molar-refractivity contribution in [1.82, 2.24) is 0 Å². The lowest BCUT2D eigenvalue weighted by Crippen LogP contribution is -2.17. The van der Waals surface area contributed by atoms with Crippen LogP contribution in [0.3, 0.4) is 0 Å². The molecule has 0 radical (unpaired) electrons. The Morgan fingerprint density at radius 1 is 1.08 bits per heavy atom. The fraction of sp³-hybridized carbons (Fsp3) is 0.211. The van der Waals surface area contributed by atoms with Crippen molar-refractivity contribution in [3.63, 3.8) is 0 Å². The van der Waals surface area contributed by atoms with E-state index in [9.17, 15) is 18.0 Å². The van der Waals surface area contributed by atoms with Crippen molar-refractivity contribution in [2.24, 2.45) is 0 Å². The van der Waals surface area contributed by atoms with Gasteiger partial charge in [-0.05, 0) is 49.8 Å². The number of ether oxygens (including phenoxy) is 2. The first-order chi connectivity index (χ1) is 12.2. The maximum atomic E-state index is 12.2. The Hall–Kier alpha value is -2.96. The van der Waals surface area contributed by atoms with Gasteiger partial charge in [0.1, 0.15) is 11.5 Å². The van der Waals surface area contributed by atoms with E-state index in [0.717, 1.165) is 17.7 Å². The van der Waals surface area contributed by atoms with Crippen molar-refractivity contribution in [3.05, 3.63) is 60.2 Å². The number of alkyl halides is 3. The highest BCUT2D eigenvalue weighted by atomic mass is 19.4. The Morgan fingerprint density at radius 3 is 2.46 bits per heavy atom. The van der Waals surface area contributed by atoms with Gasteiger partial charge < -0.3 is 14.8 Å². The molecule has 7 heteroatoms. The van der Waals surface area contributed by atoms with Crippen LogP contribution < -0.4 is 14.8 Å². The third-order valence-corrected chi connectivity index (χ3v) is 2.99. The van der Waals surface area contributed by atoms with Gasteiger partial charge in [-0.1, -0.05) is 18.2 Å². The SMILES string of the molecule is CC(C)Oc1cccc(/C=C/C(=O)Nc2cccc(OC(F)(F)F)c2)c1. The highest BCUT2D eigenvalue weighted by Gasteiger charge is 2.31. The molecule has 26 heavy (non-hydrogen) atoms. The minimum absolute atomic E-state index is 0.0312. The van der Waals surface area contributed by atoms with Crippen LogP contribution in [0, 0.1) is 0 Å². The lowest BCUT2D eigenvalue weighted by atomic mass is 10.2. The maximum Gasteiger partial charge on any atom is 0.573 e. The number of halogens is 3. The van der Waals surface area contributed by atoms with Crippen LogP contribution in [0.25, 0.3) is 6.08 Å². The van der Waals surface area contributed by atoms with Crippen LogP contribution in [0.2, 0.25) is 0 Å². The summed E-state index contributed by atoms with van der Waals surface area (Å²) < 4.78 is 46.1. The monoisotopic (exact) mass is 365 g/mol. The fourth-order valence-electron chi connectivity index (χ4n) is 2.09. The summed E-state index contributed by atoms with van der Waals surface area (Å²) in [6.07, 6.45) is -1.89. The van der Waals surface area contributed by atoms with Crippen LogP contribution in [-0.4, -0.2) is 18.4 Å². The van der Waals surface area contributed by atoms with Crippen molar-refractivity contribution < 1.29 is 27.4 Å². The molecule has 1 amide bonds. The van der Waals surface area contributed by atoms with Crippen LogP contribution in [0.15, 0.2) is 54.6 Å². The summed E-state index contributed by atoms with van der Waals surface area (Å²) in [4.78, 5) is 12.0. The van der Waals surface area contributed by atoms with Gasteiger partial charge in [-0.2, -0.15) is 0 Å². The van der Waals surface area contributed by atoms with Crippen LogP contribution in [0.1, 0.15) is 19.4 Å². The van der Waals surface area contributed by atoms with Gasteiger partial charge in [0.25, 0.3) is 0 Å². The van der Waals surface area contributed by atoms with Gasteiger partial charge in [0.15, 0.2) is 0 Å². The molecule has 0 aromatic heterocycles. The third-order valence-electron chi connectivity index (χ3n) is 2.99. The number of rotatable bonds is 6. The van der Waals surface area contributed by atoms with Crippen molar-refractivity contribution >= 4 is 17.7 Å². The normalized spacial score (nSPS) is 11.6. The first kappa shape index (κ1) is 19.4. The van der Waals surface area contributed by atoms with Gasteiger partial charge in [0.05, 0.1) is 6.10 Å². The third kappa shape index (κ3) is 6.88. The average Bonchev–Trinajstić information content (AvgIpc) is 2.51. The van der Waals surface area contributed by atoms with E-state index in [1.165, 1.54) is 18.2 Å². The minimum atomic E-state index is -4.79. The highest BCUT2D eigenvalue weighted by molar-refractivity contribution is 6.02. The van der Waals surface area contributed by atoms with Gasteiger partial charge in [-0.3, -0.25) is 4.79 Å². The zero-order chi connectivity index (χ0) is 19.2. The van der Waals surface area contributed by atoms with Crippen LogP contribution in [0.4, 0.5) is 18.9 Å². The molecule has 2 aromatic carbocycles. The Bertz CT molecular complexity index is 786. The lowest BCUT2D eigenvalue weighted by molar-refractivity contribution is -0.274. The molecule has 0 aliphatic carbocycles. The molecule has 138 valence electrons. The van der Waals surface area contributed by atoms with Crippen LogP contribution in [0.5, 0.6) is 11.5 Å². The molecular formula is C19H18F3NO3. The van der Waals surface area contributed by atoms with Crippen molar-refractivity contribution in [2.75, 3.05) is 5.32 Å². The molecule has 0 bridgehead atoms. The maximum absolute atomic E-state index is 12.2. The number of carbonyl (C=O) groups is 1.